The summed E-state index contributed by atoms with van der Waals surface area (Å²) in [7, 11) is -2.92. The highest BCUT2D eigenvalue weighted by Crippen LogP contribution is 2.22. The van der Waals surface area contributed by atoms with E-state index < -0.39 is 9.84 Å². The number of pyridine rings is 1. The summed E-state index contributed by atoms with van der Waals surface area (Å²) in [5.41, 5.74) is 0.492. The maximum atomic E-state index is 13.4. The molecule has 8 heteroatoms. The second-order valence-corrected chi connectivity index (χ2v) is 11.1. The number of sulfone groups is 1. The van der Waals surface area contributed by atoms with E-state index in [1.165, 1.54) is 0 Å². The molecule has 162 valence electrons. The Balaban J connectivity index is 1.56. The Morgan fingerprint density at radius 1 is 1.10 bits per heavy atom. The molecular weight excluding hydrogens is 402 g/mol. The molecule has 1 atom stereocenters. The SMILES string of the molecule is CC(C)Cn1cc(C(=O)N2CCN(C3CCS(=O)(=O)C3)CC2)c2ccccc2c1=O. The van der Waals surface area contributed by atoms with Gasteiger partial charge in [0.25, 0.3) is 11.5 Å². The molecule has 1 aromatic heterocycles. The van der Waals surface area contributed by atoms with Crippen LogP contribution in [0.25, 0.3) is 10.8 Å². The maximum Gasteiger partial charge on any atom is 0.258 e. The Bertz CT molecular complexity index is 1110. The van der Waals surface area contributed by atoms with E-state index >= 15 is 0 Å². The Labute approximate surface area is 177 Å². The van der Waals surface area contributed by atoms with Crippen LogP contribution in [0.4, 0.5) is 0 Å². The van der Waals surface area contributed by atoms with Gasteiger partial charge in [0.2, 0.25) is 0 Å². The van der Waals surface area contributed by atoms with Crippen molar-refractivity contribution in [3.8, 4) is 0 Å². The molecule has 3 heterocycles. The van der Waals surface area contributed by atoms with E-state index in [0.717, 1.165) is 0 Å². The zero-order chi connectivity index (χ0) is 21.5. The van der Waals surface area contributed by atoms with Crippen molar-refractivity contribution in [1.29, 1.82) is 0 Å². The predicted molar refractivity (Wildman–Crippen MR) is 118 cm³/mol. The predicted octanol–water partition coefficient (Wildman–Crippen LogP) is 1.60. The van der Waals surface area contributed by atoms with Crippen molar-refractivity contribution in [2.75, 3.05) is 37.7 Å². The first-order chi connectivity index (χ1) is 14.2. The van der Waals surface area contributed by atoms with E-state index in [1.807, 2.05) is 36.9 Å². The molecule has 1 amide bonds. The van der Waals surface area contributed by atoms with Crippen molar-refractivity contribution < 1.29 is 13.2 Å². The minimum absolute atomic E-state index is 0.0666. The van der Waals surface area contributed by atoms with Crippen LogP contribution in [0.15, 0.2) is 35.3 Å². The molecule has 1 unspecified atom stereocenters. The highest BCUT2D eigenvalue weighted by atomic mass is 32.2. The second-order valence-electron chi connectivity index (χ2n) is 8.82. The van der Waals surface area contributed by atoms with Gasteiger partial charge in [-0.15, -0.1) is 0 Å². The lowest BCUT2D eigenvalue weighted by Crippen LogP contribution is -2.52. The largest absolute Gasteiger partial charge is 0.336 e. The Kier molecular flexibility index (Phi) is 5.72. The summed E-state index contributed by atoms with van der Waals surface area (Å²) in [6.07, 6.45) is 2.39. The van der Waals surface area contributed by atoms with Crippen LogP contribution in [0.2, 0.25) is 0 Å². The second kappa shape index (κ2) is 8.15. The van der Waals surface area contributed by atoms with E-state index in [-0.39, 0.29) is 34.9 Å². The number of rotatable bonds is 4. The fraction of sp³-hybridized carbons (Fsp3) is 0.545. The maximum absolute atomic E-state index is 13.4. The summed E-state index contributed by atoms with van der Waals surface area (Å²) >= 11 is 0. The van der Waals surface area contributed by atoms with Gasteiger partial charge in [-0.1, -0.05) is 32.0 Å². The molecule has 2 fully saturated rings. The lowest BCUT2D eigenvalue weighted by Gasteiger charge is -2.37. The summed E-state index contributed by atoms with van der Waals surface area (Å²) in [5.74, 6) is 0.715. The average molecular weight is 432 g/mol. The van der Waals surface area contributed by atoms with Crippen molar-refractivity contribution in [3.63, 3.8) is 0 Å². The molecule has 7 nitrogen and oxygen atoms in total. The summed E-state index contributed by atoms with van der Waals surface area (Å²) in [6, 6.07) is 7.37. The Hall–Kier alpha value is -2.19. The molecule has 0 saturated carbocycles. The summed E-state index contributed by atoms with van der Waals surface area (Å²) in [5, 5.41) is 1.26. The molecule has 30 heavy (non-hydrogen) atoms. The first-order valence-electron chi connectivity index (χ1n) is 10.6. The van der Waals surface area contributed by atoms with Crippen molar-refractivity contribution >= 4 is 26.5 Å². The molecule has 2 aromatic rings. The van der Waals surface area contributed by atoms with Gasteiger partial charge in [0.15, 0.2) is 9.84 Å². The number of fused-ring (bicyclic) bond motifs is 1. The van der Waals surface area contributed by atoms with Crippen molar-refractivity contribution in [1.82, 2.24) is 14.4 Å². The third-order valence-corrected chi connectivity index (χ3v) is 7.86. The average Bonchev–Trinajstić information content (AvgIpc) is 3.09. The highest BCUT2D eigenvalue weighted by Gasteiger charge is 2.34. The van der Waals surface area contributed by atoms with E-state index in [4.69, 9.17) is 0 Å². The topological polar surface area (TPSA) is 79.7 Å². The smallest absolute Gasteiger partial charge is 0.258 e. The first kappa shape index (κ1) is 21.1. The third kappa shape index (κ3) is 4.16. The molecule has 0 aliphatic carbocycles. The van der Waals surface area contributed by atoms with Crippen LogP contribution in [-0.2, 0) is 16.4 Å². The lowest BCUT2D eigenvalue weighted by molar-refractivity contribution is 0.0588. The number of nitrogens with zero attached hydrogens (tertiary/aromatic N) is 3. The van der Waals surface area contributed by atoms with Gasteiger partial charge >= 0.3 is 0 Å². The van der Waals surface area contributed by atoms with Gasteiger partial charge < -0.3 is 9.47 Å². The summed E-state index contributed by atoms with van der Waals surface area (Å²) in [4.78, 5) is 30.3. The standard InChI is InChI=1S/C22H29N3O4S/c1-16(2)13-25-14-20(18-5-3-4-6-19(18)21(25)26)22(27)24-10-8-23(9-11-24)17-7-12-30(28,29)15-17/h3-6,14,16-17H,7-13,15H2,1-2H3. The van der Waals surface area contributed by atoms with Crippen molar-refractivity contribution in [3.05, 3.63) is 46.4 Å². The van der Waals surface area contributed by atoms with Gasteiger partial charge in [0.05, 0.1) is 17.1 Å². The van der Waals surface area contributed by atoms with Crippen LogP contribution in [0.1, 0.15) is 30.6 Å². The van der Waals surface area contributed by atoms with Crippen LogP contribution in [0.5, 0.6) is 0 Å². The fourth-order valence-electron chi connectivity index (χ4n) is 4.57. The number of benzene rings is 1. The number of hydrogen-bond donors (Lipinski definition) is 0. The van der Waals surface area contributed by atoms with Crippen LogP contribution >= 0.6 is 0 Å². The first-order valence-corrected chi connectivity index (χ1v) is 12.4. The van der Waals surface area contributed by atoms with E-state index in [1.54, 1.807) is 16.8 Å². The molecule has 0 bridgehead atoms. The molecular formula is C22H29N3O4S. The number of hydrogen-bond acceptors (Lipinski definition) is 5. The summed E-state index contributed by atoms with van der Waals surface area (Å²) in [6.45, 7) is 7.13. The molecule has 0 N–H and O–H groups in total. The minimum atomic E-state index is -2.92. The van der Waals surface area contributed by atoms with Crippen LogP contribution in [-0.4, -0.2) is 72.4 Å². The van der Waals surface area contributed by atoms with Gasteiger partial charge in [-0.2, -0.15) is 0 Å². The lowest BCUT2D eigenvalue weighted by atomic mass is 10.1. The third-order valence-electron chi connectivity index (χ3n) is 6.11. The van der Waals surface area contributed by atoms with E-state index in [2.05, 4.69) is 4.90 Å². The normalized spacial score (nSPS) is 22.1. The number of carbonyl (C=O) groups is 1. The van der Waals surface area contributed by atoms with Crippen LogP contribution < -0.4 is 5.56 Å². The van der Waals surface area contributed by atoms with Gasteiger partial charge in [-0.3, -0.25) is 14.5 Å². The van der Waals surface area contributed by atoms with E-state index in [9.17, 15) is 18.0 Å². The Morgan fingerprint density at radius 3 is 2.37 bits per heavy atom. The molecule has 1 aromatic carbocycles. The quantitative estimate of drug-likeness (QED) is 0.735. The number of amides is 1. The molecule has 0 radical (unpaired) electrons. The minimum Gasteiger partial charge on any atom is -0.336 e. The zero-order valence-electron chi connectivity index (χ0n) is 17.6. The number of piperazine rings is 1. The Morgan fingerprint density at radius 2 is 1.77 bits per heavy atom. The van der Waals surface area contributed by atoms with Crippen LogP contribution in [0.3, 0.4) is 0 Å². The molecule has 2 aliphatic rings. The van der Waals surface area contributed by atoms with Gasteiger partial charge in [0.1, 0.15) is 0 Å². The van der Waals surface area contributed by atoms with Crippen LogP contribution in [0, 0.1) is 5.92 Å². The van der Waals surface area contributed by atoms with Crippen molar-refractivity contribution in [2.45, 2.75) is 32.9 Å². The van der Waals surface area contributed by atoms with Gasteiger partial charge in [0, 0.05) is 55.7 Å². The van der Waals surface area contributed by atoms with Gasteiger partial charge in [-0.25, -0.2) is 8.42 Å². The molecule has 0 spiro atoms. The highest BCUT2D eigenvalue weighted by molar-refractivity contribution is 7.91. The fourth-order valence-corrected chi connectivity index (χ4v) is 6.33. The number of carbonyl (C=O) groups excluding carboxylic acids is 1. The van der Waals surface area contributed by atoms with Gasteiger partial charge in [-0.05, 0) is 18.4 Å². The molecule has 2 aliphatic heterocycles. The zero-order valence-corrected chi connectivity index (χ0v) is 18.4. The van der Waals surface area contributed by atoms with E-state index in [0.29, 0.717) is 55.5 Å². The summed E-state index contributed by atoms with van der Waals surface area (Å²) < 4.78 is 25.2. The van der Waals surface area contributed by atoms with Crippen molar-refractivity contribution in [2.24, 2.45) is 5.92 Å². The molecule has 4 rings (SSSR count). The number of aromatic nitrogens is 1. The molecule has 2 saturated heterocycles. The monoisotopic (exact) mass is 431 g/mol.